The lowest BCUT2D eigenvalue weighted by molar-refractivity contribution is 0.701. The monoisotopic (exact) mass is 255 g/mol. The molecule has 17 heavy (non-hydrogen) atoms. The van der Waals surface area contributed by atoms with E-state index < -0.39 is 0 Å². The zero-order chi connectivity index (χ0) is 12.1. The van der Waals surface area contributed by atoms with Gasteiger partial charge in [-0.2, -0.15) is 0 Å². The van der Waals surface area contributed by atoms with Gasteiger partial charge in [0.1, 0.15) is 0 Å². The van der Waals surface area contributed by atoms with Gasteiger partial charge in [0.25, 0.3) is 0 Å². The SMILES string of the molecule is [Si]C(CCP)(c1ccccc1)c1ccccc1. The summed E-state index contributed by atoms with van der Waals surface area (Å²) in [6.07, 6.45) is 2.12. The van der Waals surface area contributed by atoms with E-state index in [0.717, 1.165) is 12.6 Å². The Balaban J connectivity index is 2.47. The molecule has 0 spiro atoms. The normalized spacial score (nSPS) is 11.4. The van der Waals surface area contributed by atoms with Crippen LogP contribution < -0.4 is 0 Å². The van der Waals surface area contributed by atoms with Crippen LogP contribution in [0.3, 0.4) is 0 Å². The molecule has 0 fully saturated rings. The van der Waals surface area contributed by atoms with Gasteiger partial charge in [0.2, 0.25) is 0 Å². The van der Waals surface area contributed by atoms with Crippen molar-refractivity contribution in [1.29, 1.82) is 0 Å². The highest BCUT2D eigenvalue weighted by molar-refractivity contribution is 7.16. The van der Waals surface area contributed by atoms with Crippen molar-refractivity contribution in [2.24, 2.45) is 0 Å². The van der Waals surface area contributed by atoms with Crippen LogP contribution in [-0.2, 0) is 5.04 Å². The maximum absolute atomic E-state index is 4.01. The van der Waals surface area contributed by atoms with E-state index >= 15 is 0 Å². The lowest BCUT2D eigenvalue weighted by Crippen LogP contribution is -2.28. The Labute approximate surface area is 109 Å². The van der Waals surface area contributed by atoms with Crippen molar-refractivity contribution < 1.29 is 0 Å². The Morgan fingerprint density at radius 2 is 1.24 bits per heavy atom. The van der Waals surface area contributed by atoms with Crippen molar-refractivity contribution in [3.63, 3.8) is 0 Å². The molecule has 2 heteroatoms. The number of rotatable bonds is 4. The van der Waals surface area contributed by atoms with E-state index in [4.69, 9.17) is 0 Å². The summed E-state index contributed by atoms with van der Waals surface area (Å²) in [5.41, 5.74) is 2.62. The van der Waals surface area contributed by atoms with Crippen LogP contribution in [0.25, 0.3) is 0 Å². The fraction of sp³-hybridized carbons (Fsp3) is 0.200. The first-order valence-corrected chi connectivity index (χ1v) is 7.15. The molecule has 0 N–H and O–H groups in total. The average molecular weight is 255 g/mol. The highest BCUT2D eigenvalue weighted by atomic mass is 31.0. The second kappa shape index (κ2) is 5.62. The predicted molar refractivity (Wildman–Crippen MR) is 78.6 cm³/mol. The molecule has 0 amide bonds. The smallest absolute Gasteiger partial charge is 0.0444 e. The van der Waals surface area contributed by atoms with E-state index in [2.05, 4.69) is 80.1 Å². The molecule has 3 radical (unpaired) electrons. The Morgan fingerprint density at radius 1 is 0.824 bits per heavy atom. The first-order valence-electron chi connectivity index (χ1n) is 5.83. The second-order valence-electron chi connectivity index (χ2n) is 4.18. The van der Waals surface area contributed by atoms with E-state index in [1.807, 2.05) is 0 Å². The molecule has 1 unspecified atom stereocenters. The first-order chi connectivity index (χ1) is 8.27. The summed E-state index contributed by atoms with van der Waals surface area (Å²) >= 11 is 0. The van der Waals surface area contributed by atoms with Gasteiger partial charge in [0.05, 0.1) is 0 Å². The predicted octanol–water partition coefficient (Wildman–Crippen LogP) is 3.36. The summed E-state index contributed by atoms with van der Waals surface area (Å²) in [5, 5.41) is -0.0791. The fourth-order valence-electron chi connectivity index (χ4n) is 2.12. The van der Waals surface area contributed by atoms with Crippen molar-refractivity contribution in [1.82, 2.24) is 0 Å². The number of benzene rings is 2. The topological polar surface area (TPSA) is 0 Å². The Morgan fingerprint density at radius 3 is 1.59 bits per heavy atom. The lowest BCUT2D eigenvalue weighted by atomic mass is 9.87. The van der Waals surface area contributed by atoms with Crippen LogP contribution >= 0.6 is 9.24 Å². The molecule has 2 aromatic carbocycles. The third-order valence-electron chi connectivity index (χ3n) is 3.05. The zero-order valence-electron chi connectivity index (χ0n) is 9.77. The summed E-state index contributed by atoms with van der Waals surface area (Å²) in [7, 11) is 6.82. The van der Waals surface area contributed by atoms with Crippen molar-refractivity contribution in [3.8, 4) is 0 Å². The first kappa shape index (κ1) is 12.5. The minimum Gasteiger partial charge on any atom is -0.138 e. The molecule has 0 bridgehead atoms. The van der Waals surface area contributed by atoms with Gasteiger partial charge in [-0.15, -0.1) is 9.24 Å². The summed E-state index contributed by atoms with van der Waals surface area (Å²) in [6.45, 7) is 0. The molecule has 0 saturated heterocycles. The molecule has 0 heterocycles. The van der Waals surface area contributed by atoms with Crippen LogP contribution in [-0.4, -0.2) is 16.4 Å². The Kier molecular flexibility index (Phi) is 4.14. The molecule has 0 aliphatic carbocycles. The number of hydrogen-bond donors (Lipinski definition) is 0. The van der Waals surface area contributed by atoms with Gasteiger partial charge in [-0.25, -0.2) is 0 Å². The van der Waals surface area contributed by atoms with E-state index in [-0.39, 0.29) is 5.04 Å². The highest BCUT2D eigenvalue weighted by Gasteiger charge is 2.27. The van der Waals surface area contributed by atoms with Gasteiger partial charge in [0, 0.05) is 15.3 Å². The largest absolute Gasteiger partial charge is 0.138 e. The molecule has 2 rings (SSSR count). The summed E-state index contributed by atoms with van der Waals surface area (Å²) in [6, 6.07) is 21.2. The van der Waals surface area contributed by atoms with Gasteiger partial charge < -0.3 is 0 Å². The second-order valence-corrected chi connectivity index (χ2v) is 5.61. The van der Waals surface area contributed by atoms with E-state index in [1.54, 1.807) is 0 Å². The van der Waals surface area contributed by atoms with E-state index in [1.165, 1.54) is 11.1 Å². The molecule has 0 saturated carbocycles. The molecule has 2 aromatic rings. The molecule has 0 aliphatic heterocycles. The summed E-state index contributed by atoms with van der Waals surface area (Å²) in [4.78, 5) is 0. The maximum Gasteiger partial charge on any atom is 0.0444 e. The zero-order valence-corrected chi connectivity index (χ0v) is 11.9. The van der Waals surface area contributed by atoms with Crippen molar-refractivity contribution in [2.75, 3.05) is 6.16 Å². The van der Waals surface area contributed by atoms with Crippen LogP contribution in [0, 0.1) is 0 Å². The van der Waals surface area contributed by atoms with Crippen LogP contribution in [0.4, 0.5) is 0 Å². The summed E-state index contributed by atoms with van der Waals surface area (Å²) < 4.78 is 0. The van der Waals surface area contributed by atoms with Crippen molar-refractivity contribution in [2.45, 2.75) is 11.5 Å². The van der Waals surface area contributed by atoms with Crippen molar-refractivity contribution in [3.05, 3.63) is 71.8 Å². The van der Waals surface area contributed by atoms with Gasteiger partial charge in [-0.05, 0) is 23.7 Å². The maximum atomic E-state index is 4.01. The van der Waals surface area contributed by atoms with E-state index in [9.17, 15) is 0 Å². The van der Waals surface area contributed by atoms with Gasteiger partial charge in [-0.1, -0.05) is 60.7 Å². The molecular formula is C15H16PSi. The van der Waals surface area contributed by atoms with Crippen LogP contribution in [0.15, 0.2) is 60.7 Å². The highest BCUT2D eigenvalue weighted by Crippen LogP contribution is 2.32. The summed E-state index contributed by atoms with van der Waals surface area (Å²) in [5.74, 6) is 0. The third kappa shape index (κ3) is 2.67. The Hall–Kier alpha value is -0.913. The van der Waals surface area contributed by atoms with Crippen LogP contribution in [0.5, 0.6) is 0 Å². The third-order valence-corrected chi connectivity index (χ3v) is 4.17. The molecule has 0 aliphatic rings. The quantitative estimate of drug-likeness (QED) is 0.580. The van der Waals surface area contributed by atoms with Gasteiger partial charge >= 0.3 is 0 Å². The minimum atomic E-state index is -0.0791. The lowest BCUT2D eigenvalue weighted by Gasteiger charge is -2.30. The number of hydrogen-bond acceptors (Lipinski definition) is 0. The molecule has 85 valence electrons. The van der Waals surface area contributed by atoms with Crippen LogP contribution in [0.2, 0.25) is 0 Å². The fourth-order valence-corrected chi connectivity index (χ4v) is 3.32. The van der Waals surface area contributed by atoms with Crippen molar-refractivity contribution >= 4 is 19.5 Å². The van der Waals surface area contributed by atoms with Crippen LogP contribution in [0.1, 0.15) is 17.5 Å². The van der Waals surface area contributed by atoms with Gasteiger partial charge in [-0.3, -0.25) is 0 Å². The molecule has 1 atom stereocenters. The minimum absolute atomic E-state index is 0.0791. The molecular weight excluding hydrogens is 239 g/mol. The van der Waals surface area contributed by atoms with Gasteiger partial charge in [0.15, 0.2) is 0 Å². The molecule has 0 nitrogen and oxygen atoms in total. The standard InChI is InChI=1S/C15H16PSi/c16-12-11-15(17,13-7-3-1-4-8-13)14-9-5-2-6-10-14/h1-10H,11-12,16H2. The molecule has 0 aromatic heterocycles. The Bertz CT molecular complexity index is 413. The average Bonchev–Trinajstić information content (AvgIpc) is 2.41. The van der Waals surface area contributed by atoms with E-state index in [0.29, 0.717) is 0 Å².